The van der Waals surface area contributed by atoms with Gasteiger partial charge >= 0.3 is 11.9 Å². The summed E-state index contributed by atoms with van der Waals surface area (Å²) in [5, 5.41) is 17.1. The molecule has 114 valence electrons. The van der Waals surface area contributed by atoms with Crippen LogP contribution in [0.5, 0.6) is 0 Å². The molecule has 1 fully saturated rings. The number of carbonyl (C=O) groups is 2. The van der Waals surface area contributed by atoms with Crippen LogP contribution in [0.15, 0.2) is 18.2 Å². The molecule has 0 spiro atoms. The second kappa shape index (κ2) is 6.24. The smallest absolute Gasteiger partial charge is 0.296 e. The molecular weight excluding hydrogens is 276 g/mol. The molecule has 0 heterocycles. The van der Waals surface area contributed by atoms with Crippen LogP contribution in [0.1, 0.15) is 65.3 Å². The van der Waals surface area contributed by atoms with E-state index < -0.39 is 11.9 Å². The Morgan fingerprint density at radius 2 is 1.67 bits per heavy atom. The number of rotatable bonds is 3. The third-order valence-corrected chi connectivity index (χ3v) is 4.25. The zero-order valence-electron chi connectivity index (χ0n) is 11.8. The normalized spacial score (nSPS) is 17.1. The average Bonchev–Trinajstić information content (AvgIpc) is 2.53. The summed E-state index contributed by atoms with van der Waals surface area (Å²) in [6.07, 6.45) is 4.93. The number of hydrogen-bond donors (Lipinski definition) is 2. The minimum Gasteiger partial charge on any atom is -0.296 e. The molecule has 1 aliphatic rings. The maximum Gasteiger partial charge on any atom is 0.373 e. The number of hydrogen-bond acceptors (Lipinski definition) is 6. The van der Waals surface area contributed by atoms with Crippen molar-refractivity contribution in [1.82, 2.24) is 0 Å². The molecule has 6 nitrogen and oxygen atoms in total. The van der Waals surface area contributed by atoms with Gasteiger partial charge in [0.2, 0.25) is 0 Å². The Bertz CT molecular complexity index is 545. The van der Waals surface area contributed by atoms with Crippen molar-refractivity contribution in [3.63, 3.8) is 0 Å². The van der Waals surface area contributed by atoms with Crippen LogP contribution < -0.4 is 0 Å². The van der Waals surface area contributed by atoms with Crippen LogP contribution in [-0.2, 0) is 15.2 Å². The van der Waals surface area contributed by atoms with E-state index in [1.807, 2.05) is 6.92 Å². The maximum absolute atomic E-state index is 11.7. The van der Waals surface area contributed by atoms with Crippen molar-refractivity contribution < 1.29 is 29.9 Å². The topological polar surface area (TPSA) is 93.1 Å². The highest BCUT2D eigenvalue weighted by Gasteiger charge is 2.33. The van der Waals surface area contributed by atoms with Crippen LogP contribution >= 0.6 is 0 Å². The molecule has 0 aliphatic heterocycles. The van der Waals surface area contributed by atoms with Gasteiger partial charge in [-0.25, -0.2) is 9.59 Å². The summed E-state index contributed by atoms with van der Waals surface area (Å²) in [5.41, 5.74) is 0.711. The predicted octanol–water partition coefficient (Wildman–Crippen LogP) is 3.17. The fourth-order valence-corrected chi connectivity index (χ4v) is 3.05. The quantitative estimate of drug-likeness (QED) is 0.657. The van der Waals surface area contributed by atoms with Crippen molar-refractivity contribution in [1.29, 1.82) is 0 Å². The van der Waals surface area contributed by atoms with E-state index in [2.05, 4.69) is 9.78 Å². The molecule has 1 aliphatic carbocycles. The van der Waals surface area contributed by atoms with Crippen molar-refractivity contribution in [3.8, 4) is 0 Å². The van der Waals surface area contributed by atoms with E-state index in [0.29, 0.717) is 5.56 Å². The summed E-state index contributed by atoms with van der Waals surface area (Å²) in [5.74, 6) is -1.75. The fraction of sp³-hybridized carbons (Fsp3) is 0.467. The Morgan fingerprint density at radius 3 is 2.24 bits per heavy atom. The van der Waals surface area contributed by atoms with Gasteiger partial charge in [0, 0.05) is 0 Å². The molecule has 1 saturated carbocycles. The minimum absolute atomic E-state index is 0.147. The highest BCUT2D eigenvalue weighted by Crippen LogP contribution is 2.41. The summed E-state index contributed by atoms with van der Waals surface area (Å²) >= 11 is 0. The van der Waals surface area contributed by atoms with Gasteiger partial charge in [-0.1, -0.05) is 26.2 Å². The molecule has 0 bridgehead atoms. The van der Waals surface area contributed by atoms with Gasteiger partial charge in [-0.2, -0.15) is 10.5 Å². The fourth-order valence-electron chi connectivity index (χ4n) is 3.05. The Hall–Kier alpha value is -1.92. The molecule has 21 heavy (non-hydrogen) atoms. The summed E-state index contributed by atoms with van der Waals surface area (Å²) in [4.78, 5) is 30.8. The molecule has 1 aromatic carbocycles. The molecule has 0 atom stereocenters. The van der Waals surface area contributed by atoms with Crippen LogP contribution in [0.2, 0.25) is 0 Å². The van der Waals surface area contributed by atoms with Crippen LogP contribution in [-0.4, -0.2) is 22.5 Å². The van der Waals surface area contributed by atoms with Gasteiger partial charge in [-0.05, 0) is 42.0 Å². The van der Waals surface area contributed by atoms with Crippen LogP contribution in [0.25, 0.3) is 0 Å². The summed E-state index contributed by atoms with van der Waals surface area (Å²) in [6, 6.07) is 4.27. The van der Waals surface area contributed by atoms with E-state index in [4.69, 9.17) is 10.5 Å². The van der Waals surface area contributed by atoms with Gasteiger partial charge in [0.25, 0.3) is 0 Å². The minimum atomic E-state index is -0.889. The zero-order valence-corrected chi connectivity index (χ0v) is 11.8. The molecule has 0 amide bonds. The molecule has 0 saturated heterocycles. The number of carbonyl (C=O) groups excluding carboxylic acids is 2. The van der Waals surface area contributed by atoms with Crippen molar-refractivity contribution in [2.45, 2.75) is 44.4 Å². The molecule has 1 aromatic rings. The Balaban J connectivity index is 2.52. The number of benzene rings is 1. The predicted molar refractivity (Wildman–Crippen MR) is 73.0 cm³/mol. The van der Waals surface area contributed by atoms with Gasteiger partial charge in [0.05, 0.1) is 11.1 Å². The van der Waals surface area contributed by atoms with E-state index in [-0.39, 0.29) is 16.5 Å². The van der Waals surface area contributed by atoms with Gasteiger partial charge in [0.1, 0.15) is 0 Å². The van der Waals surface area contributed by atoms with Crippen molar-refractivity contribution in [2.75, 3.05) is 0 Å². The lowest BCUT2D eigenvalue weighted by Gasteiger charge is -2.35. The van der Waals surface area contributed by atoms with Crippen molar-refractivity contribution in [3.05, 3.63) is 34.9 Å². The van der Waals surface area contributed by atoms with E-state index in [1.165, 1.54) is 18.2 Å². The second-order valence-electron chi connectivity index (χ2n) is 5.64. The van der Waals surface area contributed by atoms with Crippen LogP contribution in [0.4, 0.5) is 0 Å². The van der Waals surface area contributed by atoms with Crippen molar-refractivity contribution >= 4 is 11.9 Å². The highest BCUT2D eigenvalue weighted by atomic mass is 17.1. The Labute approximate surface area is 122 Å². The largest absolute Gasteiger partial charge is 0.373 e. The van der Waals surface area contributed by atoms with E-state index >= 15 is 0 Å². The first-order chi connectivity index (χ1) is 10.0. The SMILES string of the molecule is CC1(c2cc(C(=O)OO)ccc2C(=O)OO)CCCCC1. The Morgan fingerprint density at radius 1 is 1.05 bits per heavy atom. The second-order valence-corrected chi connectivity index (χ2v) is 5.64. The standard InChI is InChI=1S/C15H18O6/c1-15(7-3-2-4-8-15)12-9-10(13(16)20-18)5-6-11(12)14(17)21-19/h5-6,9,18-19H,2-4,7-8H2,1H3. The van der Waals surface area contributed by atoms with E-state index in [1.54, 1.807) is 0 Å². The van der Waals surface area contributed by atoms with Gasteiger partial charge < -0.3 is 0 Å². The molecule has 2 N–H and O–H groups in total. The summed E-state index contributed by atoms with van der Waals surface area (Å²) in [6.45, 7) is 2.02. The zero-order chi connectivity index (χ0) is 15.5. The molecule has 6 heteroatoms. The van der Waals surface area contributed by atoms with Gasteiger partial charge in [-0.15, -0.1) is 0 Å². The lowest BCUT2D eigenvalue weighted by Crippen LogP contribution is -2.28. The molecular formula is C15H18O6. The third kappa shape index (κ3) is 3.06. The summed E-state index contributed by atoms with van der Waals surface area (Å²) in [7, 11) is 0. The Kier molecular flexibility index (Phi) is 4.59. The lowest BCUT2D eigenvalue weighted by atomic mass is 9.69. The molecule has 0 unspecified atom stereocenters. The van der Waals surface area contributed by atoms with E-state index in [0.717, 1.165) is 32.1 Å². The highest BCUT2D eigenvalue weighted by molar-refractivity contribution is 5.94. The van der Waals surface area contributed by atoms with Gasteiger partial charge in [0.15, 0.2) is 0 Å². The maximum atomic E-state index is 11.7. The van der Waals surface area contributed by atoms with Gasteiger partial charge in [-0.3, -0.25) is 9.78 Å². The van der Waals surface area contributed by atoms with Crippen molar-refractivity contribution in [2.24, 2.45) is 0 Å². The molecule has 0 aromatic heterocycles. The molecule has 2 rings (SSSR count). The summed E-state index contributed by atoms with van der Waals surface area (Å²) < 4.78 is 0. The van der Waals surface area contributed by atoms with Crippen LogP contribution in [0.3, 0.4) is 0 Å². The van der Waals surface area contributed by atoms with Crippen LogP contribution in [0, 0.1) is 0 Å². The first-order valence-electron chi connectivity index (χ1n) is 6.88. The first-order valence-corrected chi connectivity index (χ1v) is 6.88. The molecule has 0 radical (unpaired) electrons. The lowest BCUT2D eigenvalue weighted by molar-refractivity contribution is -0.183. The third-order valence-electron chi connectivity index (χ3n) is 4.25. The first kappa shape index (κ1) is 15.5. The average molecular weight is 294 g/mol. The van der Waals surface area contributed by atoms with E-state index in [9.17, 15) is 9.59 Å². The monoisotopic (exact) mass is 294 g/mol.